The van der Waals surface area contributed by atoms with Gasteiger partial charge in [-0.05, 0) is 37.0 Å². The van der Waals surface area contributed by atoms with E-state index in [0.717, 1.165) is 19.3 Å². The van der Waals surface area contributed by atoms with Gasteiger partial charge in [0.2, 0.25) is 0 Å². The average Bonchev–Trinajstić information content (AvgIpc) is 2.94. The van der Waals surface area contributed by atoms with Gasteiger partial charge < -0.3 is 5.73 Å². The van der Waals surface area contributed by atoms with E-state index in [4.69, 9.17) is 5.73 Å². The Kier molecular flexibility index (Phi) is 3.97. The van der Waals surface area contributed by atoms with Crippen molar-refractivity contribution in [2.75, 3.05) is 0 Å². The zero-order valence-electron chi connectivity index (χ0n) is 10.4. The van der Waals surface area contributed by atoms with E-state index in [1.807, 2.05) is 29.3 Å². The van der Waals surface area contributed by atoms with Crippen LogP contribution >= 0.6 is 11.3 Å². The van der Waals surface area contributed by atoms with Gasteiger partial charge >= 0.3 is 0 Å². The largest absolute Gasteiger partial charge is 0.323 e. The summed E-state index contributed by atoms with van der Waals surface area (Å²) >= 11 is 1.84. The lowest BCUT2D eigenvalue weighted by Crippen LogP contribution is -2.09. The van der Waals surface area contributed by atoms with Gasteiger partial charge in [-0.15, -0.1) is 11.3 Å². The van der Waals surface area contributed by atoms with E-state index in [-0.39, 0.29) is 6.04 Å². The molecule has 0 aromatic carbocycles. The Hall–Kier alpha value is -1.13. The van der Waals surface area contributed by atoms with E-state index in [2.05, 4.69) is 30.4 Å². The molecule has 17 heavy (non-hydrogen) atoms. The summed E-state index contributed by atoms with van der Waals surface area (Å²) in [5.41, 5.74) is 7.46. The molecule has 1 unspecified atom stereocenters. The van der Waals surface area contributed by atoms with Crippen molar-refractivity contribution >= 4 is 11.3 Å². The van der Waals surface area contributed by atoms with Crippen LogP contribution in [0.5, 0.6) is 0 Å². The van der Waals surface area contributed by atoms with Crippen molar-refractivity contribution in [1.82, 2.24) is 9.78 Å². The summed E-state index contributed by atoms with van der Waals surface area (Å²) in [4.78, 5) is 2.71. The quantitative estimate of drug-likeness (QED) is 0.885. The molecule has 0 saturated heterocycles. The summed E-state index contributed by atoms with van der Waals surface area (Å²) in [7, 11) is 1.94. The van der Waals surface area contributed by atoms with Crippen LogP contribution in [-0.2, 0) is 19.9 Å². The van der Waals surface area contributed by atoms with Crippen LogP contribution in [0, 0.1) is 0 Å². The van der Waals surface area contributed by atoms with Crippen molar-refractivity contribution in [2.24, 2.45) is 12.8 Å². The fourth-order valence-corrected chi connectivity index (χ4v) is 2.84. The summed E-state index contributed by atoms with van der Waals surface area (Å²) in [5.74, 6) is 0. The molecule has 4 heteroatoms. The van der Waals surface area contributed by atoms with E-state index < -0.39 is 0 Å². The zero-order chi connectivity index (χ0) is 12.3. The minimum absolute atomic E-state index is 0.153. The maximum absolute atomic E-state index is 6.20. The Morgan fingerprint density at radius 1 is 1.47 bits per heavy atom. The molecule has 0 radical (unpaired) electrons. The first kappa shape index (κ1) is 12.3. The van der Waals surface area contributed by atoms with Crippen LogP contribution in [0.3, 0.4) is 0 Å². The molecule has 0 fully saturated rings. The molecule has 1 atom stereocenters. The van der Waals surface area contributed by atoms with Crippen molar-refractivity contribution in [3.8, 4) is 0 Å². The van der Waals surface area contributed by atoms with Crippen molar-refractivity contribution in [2.45, 2.75) is 32.2 Å². The molecule has 0 amide bonds. The van der Waals surface area contributed by atoms with Gasteiger partial charge in [-0.3, -0.25) is 4.68 Å². The summed E-state index contributed by atoms with van der Waals surface area (Å²) in [6, 6.07) is 4.50. The molecule has 0 aliphatic carbocycles. The van der Waals surface area contributed by atoms with Gasteiger partial charge in [0.15, 0.2) is 0 Å². The number of aromatic nitrogens is 2. The van der Waals surface area contributed by atoms with E-state index >= 15 is 0 Å². The normalized spacial score (nSPS) is 12.9. The van der Waals surface area contributed by atoms with Gasteiger partial charge in [0.1, 0.15) is 0 Å². The Bertz CT molecular complexity index is 472. The molecule has 0 aliphatic heterocycles. The summed E-state index contributed by atoms with van der Waals surface area (Å²) < 4.78 is 1.83. The zero-order valence-corrected chi connectivity index (χ0v) is 11.2. The standard InChI is InChI=1S/C13H19N3S/c1-3-11-5-7-13(17-11)12(14)6-4-10-8-15-16(2)9-10/h5,7-9,12H,3-4,6,14H2,1-2H3. The van der Waals surface area contributed by atoms with Crippen LogP contribution < -0.4 is 5.73 Å². The second-order valence-corrected chi connectivity index (χ2v) is 5.52. The first-order valence-corrected chi connectivity index (χ1v) is 6.82. The molecule has 0 spiro atoms. The second-order valence-electron chi connectivity index (χ2n) is 4.33. The molecular formula is C13H19N3S. The maximum Gasteiger partial charge on any atom is 0.0521 e. The monoisotopic (exact) mass is 249 g/mol. The van der Waals surface area contributed by atoms with Crippen LogP contribution in [0.15, 0.2) is 24.5 Å². The van der Waals surface area contributed by atoms with Crippen LogP contribution in [0.1, 0.15) is 34.7 Å². The van der Waals surface area contributed by atoms with Gasteiger partial charge in [-0.2, -0.15) is 5.10 Å². The predicted octanol–water partition coefficient (Wildman–Crippen LogP) is 2.68. The number of aryl methyl sites for hydroxylation is 3. The Morgan fingerprint density at radius 3 is 2.88 bits per heavy atom. The number of nitrogens with zero attached hydrogens (tertiary/aromatic N) is 2. The van der Waals surface area contributed by atoms with Gasteiger partial charge in [-0.25, -0.2) is 0 Å². The molecule has 2 rings (SSSR count). The lowest BCUT2D eigenvalue weighted by Gasteiger charge is -2.07. The lowest BCUT2D eigenvalue weighted by molar-refractivity contribution is 0.661. The molecule has 0 saturated carbocycles. The molecule has 2 heterocycles. The highest BCUT2D eigenvalue weighted by atomic mass is 32.1. The topological polar surface area (TPSA) is 43.8 Å². The van der Waals surface area contributed by atoms with Crippen LogP contribution in [-0.4, -0.2) is 9.78 Å². The van der Waals surface area contributed by atoms with Crippen LogP contribution in [0.2, 0.25) is 0 Å². The van der Waals surface area contributed by atoms with Crippen LogP contribution in [0.4, 0.5) is 0 Å². The molecule has 0 aliphatic rings. The average molecular weight is 249 g/mol. The third-order valence-corrected chi connectivity index (χ3v) is 4.26. The highest BCUT2D eigenvalue weighted by Gasteiger charge is 2.09. The van der Waals surface area contributed by atoms with Gasteiger partial charge in [0.25, 0.3) is 0 Å². The van der Waals surface area contributed by atoms with Crippen molar-refractivity contribution in [3.63, 3.8) is 0 Å². The molecule has 2 aromatic heterocycles. The third kappa shape index (κ3) is 3.17. The fourth-order valence-electron chi connectivity index (χ4n) is 1.85. The SMILES string of the molecule is CCc1ccc(C(N)CCc2cnn(C)c2)s1. The summed E-state index contributed by atoms with van der Waals surface area (Å²) in [6.45, 7) is 2.18. The van der Waals surface area contributed by atoms with E-state index in [1.165, 1.54) is 15.3 Å². The number of rotatable bonds is 5. The molecule has 2 N–H and O–H groups in total. The minimum Gasteiger partial charge on any atom is -0.323 e. The van der Waals surface area contributed by atoms with Gasteiger partial charge in [-0.1, -0.05) is 6.92 Å². The Balaban J connectivity index is 1.90. The van der Waals surface area contributed by atoms with E-state index in [1.54, 1.807) is 0 Å². The lowest BCUT2D eigenvalue weighted by atomic mass is 10.1. The minimum atomic E-state index is 0.153. The summed E-state index contributed by atoms with van der Waals surface area (Å²) in [5, 5.41) is 4.16. The van der Waals surface area contributed by atoms with Crippen molar-refractivity contribution < 1.29 is 0 Å². The number of thiophene rings is 1. The Morgan fingerprint density at radius 2 is 2.29 bits per heavy atom. The van der Waals surface area contributed by atoms with Gasteiger partial charge in [0.05, 0.1) is 6.20 Å². The third-order valence-electron chi connectivity index (χ3n) is 2.90. The van der Waals surface area contributed by atoms with Gasteiger partial charge in [0, 0.05) is 29.0 Å². The van der Waals surface area contributed by atoms with Crippen molar-refractivity contribution in [1.29, 1.82) is 0 Å². The van der Waals surface area contributed by atoms with E-state index in [0.29, 0.717) is 0 Å². The predicted molar refractivity (Wildman–Crippen MR) is 72.2 cm³/mol. The highest BCUT2D eigenvalue weighted by Crippen LogP contribution is 2.25. The number of hydrogen-bond donors (Lipinski definition) is 1. The Labute approximate surface area is 106 Å². The fraction of sp³-hybridized carbons (Fsp3) is 0.462. The van der Waals surface area contributed by atoms with E-state index in [9.17, 15) is 0 Å². The maximum atomic E-state index is 6.20. The second kappa shape index (κ2) is 5.47. The molecule has 0 bridgehead atoms. The molecular weight excluding hydrogens is 230 g/mol. The van der Waals surface area contributed by atoms with Crippen LogP contribution in [0.25, 0.3) is 0 Å². The first-order valence-electron chi connectivity index (χ1n) is 6.00. The number of nitrogens with two attached hydrogens (primary N) is 1. The first-order chi connectivity index (χ1) is 8.19. The highest BCUT2D eigenvalue weighted by molar-refractivity contribution is 7.12. The summed E-state index contributed by atoms with van der Waals surface area (Å²) in [6.07, 6.45) is 7.04. The number of hydrogen-bond acceptors (Lipinski definition) is 3. The smallest absolute Gasteiger partial charge is 0.0521 e. The van der Waals surface area contributed by atoms with Crippen molar-refractivity contribution in [3.05, 3.63) is 39.8 Å². The molecule has 2 aromatic rings. The molecule has 3 nitrogen and oxygen atoms in total. The molecule has 92 valence electrons.